The van der Waals surface area contributed by atoms with Crippen molar-refractivity contribution in [2.75, 3.05) is 0 Å². The minimum Gasteiger partial charge on any atom is -0.135 e. The van der Waals surface area contributed by atoms with Crippen LogP contribution < -0.4 is 0 Å². The highest BCUT2D eigenvalue weighted by Gasteiger charge is 2.20. The van der Waals surface area contributed by atoms with Crippen molar-refractivity contribution in [2.45, 2.75) is 9.79 Å². The van der Waals surface area contributed by atoms with Gasteiger partial charge in [0.05, 0.1) is 0 Å². The van der Waals surface area contributed by atoms with E-state index in [9.17, 15) is 0 Å². The fourth-order valence-corrected chi connectivity index (χ4v) is 7.96. The predicted molar refractivity (Wildman–Crippen MR) is 157 cm³/mol. The molecule has 0 unspecified atom stereocenters. The molecule has 1 aliphatic rings. The van der Waals surface area contributed by atoms with E-state index in [0.717, 1.165) is 0 Å². The van der Waals surface area contributed by atoms with Crippen molar-refractivity contribution in [1.82, 2.24) is 0 Å². The van der Waals surface area contributed by atoms with Gasteiger partial charge in [-0.15, -0.1) is 11.3 Å². The molecule has 0 nitrogen and oxygen atoms in total. The molecule has 2 heterocycles. The summed E-state index contributed by atoms with van der Waals surface area (Å²) in [6, 6.07) is 44.7. The van der Waals surface area contributed by atoms with Gasteiger partial charge in [0.2, 0.25) is 0 Å². The Morgan fingerprint density at radius 3 is 2.03 bits per heavy atom. The predicted octanol–water partition coefficient (Wildman–Crippen LogP) is 10.7. The van der Waals surface area contributed by atoms with Gasteiger partial charge < -0.3 is 0 Å². The van der Waals surface area contributed by atoms with Crippen molar-refractivity contribution < 1.29 is 0 Å². The number of hydrogen-bond donors (Lipinski definition) is 0. The van der Waals surface area contributed by atoms with Crippen LogP contribution in [0.1, 0.15) is 0 Å². The Labute approximate surface area is 217 Å². The van der Waals surface area contributed by atoms with Crippen molar-refractivity contribution in [2.24, 2.45) is 0 Å². The summed E-state index contributed by atoms with van der Waals surface area (Å²) in [5.74, 6) is 0. The maximum atomic E-state index is 2.40. The summed E-state index contributed by atoms with van der Waals surface area (Å²) in [7, 11) is 0. The Bertz CT molecular complexity index is 1970. The first-order chi connectivity index (χ1) is 17.8. The van der Waals surface area contributed by atoms with Crippen LogP contribution in [0.4, 0.5) is 0 Å². The third kappa shape index (κ3) is 2.95. The molecule has 0 bridgehead atoms. The first-order valence-electron chi connectivity index (χ1n) is 12.2. The molecule has 0 spiro atoms. The Hall–Kier alpha value is -3.85. The second kappa shape index (κ2) is 7.83. The maximum absolute atomic E-state index is 2.40. The van der Waals surface area contributed by atoms with E-state index < -0.39 is 0 Å². The molecule has 0 atom stereocenters. The molecule has 0 saturated heterocycles. The monoisotopic (exact) mass is 492 g/mol. The van der Waals surface area contributed by atoms with Crippen LogP contribution in [-0.2, 0) is 0 Å². The molecule has 8 rings (SSSR count). The summed E-state index contributed by atoms with van der Waals surface area (Å²) in [6.07, 6.45) is 0. The first kappa shape index (κ1) is 20.4. The van der Waals surface area contributed by atoms with Crippen LogP contribution in [0.2, 0.25) is 0 Å². The van der Waals surface area contributed by atoms with E-state index in [1.807, 2.05) is 23.1 Å². The lowest BCUT2D eigenvalue weighted by Crippen LogP contribution is -1.94. The minimum absolute atomic E-state index is 1.26. The molecular weight excluding hydrogens is 473 g/mol. The van der Waals surface area contributed by atoms with Gasteiger partial charge in [-0.05, 0) is 69.1 Å². The lowest BCUT2D eigenvalue weighted by molar-refractivity contribution is 1.39. The third-order valence-electron chi connectivity index (χ3n) is 7.29. The second-order valence-electron chi connectivity index (χ2n) is 9.30. The Kier molecular flexibility index (Phi) is 4.42. The number of hydrogen-bond acceptors (Lipinski definition) is 2. The maximum Gasteiger partial charge on any atom is 0.0361 e. The summed E-state index contributed by atoms with van der Waals surface area (Å²) < 4.78 is 2.68. The van der Waals surface area contributed by atoms with Crippen LogP contribution in [-0.4, -0.2) is 0 Å². The van der Waals surface area contributed by atoms with Crippen LogP contribution in [0.5, 0.6) is 0 Å². The Morgan fingerprint density at radius 1 is 0.417 bits per heavy atom. The number of thiophene rings is 1. The molecular formula is C34H20S2. The molecule has 0 amide bonds. The zero-order valence-corrected chi connectivity index (χ0v) is 21.0. The van der Waals surface area contributed by atoms with E-state index in [-0.39, 0.29) is 0 Å². The standard InChI is InChI=1S/C34H20S2/c1-2-11-24(25-14-7-17-32-34(25)27-12-3-4-15-29(27)35-32)23(10-1)22-18-19-30-28(20-22)26-13-5-8-21-9-6-16-31(36-30)33(21)26/h1-20H. The van der Waals surface area contributed by atoms with Crippen LogP contribution in [0.3, 0.4) is 0 Å². The van der Waals surface area contributed by atoms with Gasteiger partial charge in [0, 0.05) is 35.3 Å². The van der Waals surface area contributed by atoms with Gasteiger partial charge >= 0.3 is 0 Å². The van der Waals surface area contributed by atoms with E-state index in [1.165, 1.54) is 74.1 Å². The fraction of sp³-hybridized carbons (Fsp3) is 0. The smallest absolute Gasteiger partial charge is 0.0361 e. The summed E-state index contributed by atoms with van der Waals surface area (Å²) >= 11 is 3.76. The fourth-order valence-electron chi connectivity index (χ4n) is 5.70. The van der Waals surface area contributed by atoms with Crippen LogP contribution >= 0.6 is 23.1 Å². The molecule has 36 heavy (non-hydrogen) atoms. The Morgan fingerprint density at radius 2 is 1.11 bits per heavy atom. The zero-order valence-electron chi connectivity index (χ0n) is 19.4. The van der Waals surface area contributed by atoms with Gasteiger partial charge in [-0.25, -0.2) is 0 Å². The van der Waals surface area contributed by atoms with Gasteiger partial charge in [-0.3, -0.25) is 0 Å². The quantitative estimate of drug-likeness (QED) is 0.231. The number of fused-ring (bicyclic) bond motifs is 5. The third-order valence-corrected chi connectivity index (χ3v) is 9.56. The average molecular weight is 493 g/mol. The van der Waals surface area contributed by atoms with E-state index in [4.69, 9.17) is 0 Å². The van der Waals surface area contributed by atoms with E-state index in [1.54, 1.807) is 0 Å². The highest BCUT2D eigenvalue weighted by molar-refractivity contribution is 7.99. The largest absolute Gasteiger partial charge is 0.135 e. The summed E-state index contributed by atoms with van der Waals surface area (Å²) in [6.45, 7) is 0. The van der Waals surface area contributed by atoms with Gasteiger partial charge in [-0.1, -0.05) is 103 Å². The molecule has 0 aliphatic carbocycles. The molecule has 0 fully saturated rings. The average Bonchev–Trinajstić information content (AvgIpc) is 3.32. The molecule has 1 aliphatic heterocycles. The SMILES string of the molecule is c1ccc(-c2cccc3sc4ccccc4c23)c(-c2ccc3c(c2)-c2cccc4cccc(c24)S3)c1. The van der Waals surface area contributed by atoms with Crippen LogP contribution in [0.15, 0.2) is 131 Å². The normalized spacial score (nSPS) is 12.3. The first-order valence-corrected chi connectivity index (χ1v) is 13.8. The molecule has 0 saturated carbocycles. The summed E-state index contributed by atoms with van der Waals surface area (Å²) in [4.78, 5) is 2.67. The summed E-state index contributed by atoms with van der Waals surface area (Å²) in [5, 5.41) is 5.38. The van der Waals surface area contributed by atoms with E-state index in [2.05, 4.69) is 121 Å². The van der Waals surface area contributed by atoms with Crippen molar-refractivity contribution in [3.8, 4) is 33.4 Å². The highest BCUT2D eigenvalue weighted by atomic mass is 32.2. The lowest BCUT2D eigenvalue weighted by atomic mass is 9.90. The topological polar surface area (TPSA) is 0 Å². The van der Waals surface area contributed by atoms with Gasteiger partial charge in [-0.2, -0.15) is 0 Å². The van der Waals surface area contributed by atoms with E-state index >= 15 is 0 Å². The molecule has 6 aromatic carbocycles. The highest BCUT2D eigenvalue weighted by Crippen LogP contribution is 2.49. The molecule has 2 heteroatoms. The van der Waals surface area contributed by atoms with Crippen molar-refractivity contribution >= 4 is 54.0 Å². The minimum atomic E-state index is 1.26. The second-order valence-corrected chi connectivity index (χ2v) is 11.5. The summed E-state index contributed by atoms with van der Waals surface area (Å²) in [5.41, 5.74) is 7.80. The van der Waals surface area contributed by atoms with Crippen LogP contribution in [0, 0.1) is 0 Å². The van der Waals surface area contributed by atoms with Crippen molar-refractivity contribution in [3.05, 3.63) is 121 Å². The zero-order chi connectivity index (χ0) is 23.6. The van der Waals surface area contributed by atoms with Gasteiger partial charge in [0.1, 0.15) is 0 Å². The Balaban J connectivity index is 1.37. The molecule has 1 aromatic heterocycles. The molecule has 7 aromatic rings. The molecule has 0 N–H and O–H groups in total. The van der Waals surface area contributed by atoms with Crippen molar-refractivity contribution in [1.29, 1.82) is 0 Å². The van der Waals surface area contributed by atoms with Crippen LogP contribution in [0.25, 0.3) is 64.3 Å². The van der Waals surface area contributed by atoms with Gasteiger partial charge in [0.25, 0.3) is 0 Å². The van der Waals surface area contributed by atoms with E-state index in [0.29, 0.717) is 0 Å². The number of rotatable bonds is 2. The lowest BCUT2D eigenvalue weighted by Gasteiger charge is -2.21. The van der Waals surface area contributed by atoms with Gasteiger partial charge in [0.15, 0.2) is 0 Å². The number of benzene rings is 6. The van der Waals surface area contributed by atoms with Crippen molar-refractivity contribution in [3.63, 3.8) is 0 Å². The molecule has 0 radical (unpaired) electrons. The molecule has 168 valence electrons.